The maximum atomic E-state index is 11.7. The van der Waals surface area contributed by atoms with Crippen LogP contribution in [0.25, 0.3) is 0 Å². The van der Waals surface area contributed by atoms with Gasteiger partial charge in [-0.25, -0.2) is 0 Å². The van der Waals surface area contributed by atoms with Crippen LogP contribution in [0.4, 0.5) is 0 Å². The fraction of sp³-hybridized carbons (Fsp3) is 0.533. The second-order valence-electron chi connectivity index (χ2n) is 4.76. The molecule has 0 aromatic heterocycles. The highest BCUT2D eigenvalue weighted by Gasteiger charge is 2.21. The molecule has 1 aromatic rings. The molecule has 0 fully saturated rings. The fourth-order valence-electron chi connectivity index (χ4n) is 1.85. The van der Waals surface area contributed by atoms with E-state index in [0.717, 1.165) is 18.4 Å². The minimum Gasteiger partial charge on any atom is -0.383 e. The van der Waals surface area contributed by atoms with Crippen LogP contribution in [0.15, 0.2) is 30.3 Å². The van der Waals surface area contributed by atoms with Gasteiger partial charge in [0.15, 0.2) is 0 Å². The lowest BCUT2D eigenvalue weighted by atomic mass is 9.95. The molecule has 3 heteroatoms. The van der Waals surface area contributed by atoms with Gasteiger partial charge in [-0.2, -0.15) is 0 Å². The SMILES string of the molecule is CCCCNC(=O)[C@@H](O)[C@H](C)Cc1ccccc1. The molecular weight excluding hydrogens is 226 g/mol. The summed E-state index contributed by atoms with van der Waals surface area (Å²) in [5.41, 5.74) is 1.14. The number of rotatable bonds is 7. The van der Waals surface area contributed by atoms with Crippen molar-refractivity contribution in [3.8, 4) is 0 Å². The van der Waals surface area contributed by atoms with E-state index in [4.69, 9.17) is 0 Å². The lowest BCUT2D eigenvalue weighted by Crippen LogP contribution is -2.39. The van der Waals surface area contributed by atoms with Crippen molar-refractivity contribution < 1.29 is 9.90 Å². The number of aliphatic hydroxyl groups excluding tert-OH is 1. The minimum absolute atomic E-state index is 0.0750. The van der Waals surface area contributed by atoms with Crippen LogP contribution in [0.2, 0.25) is 0 Å². The van der Waals surface area contributed by atoms with E-state index in [9.17, 15) is 9.90 Å². The molecule has 1 aromatic carbocycles. The normalized spacial score (nSPS) is 13.9. The molecule has 2 atom stereocenters. The van der Waals surface area contributed by atoms with Crippen molar-refractivity contribution in [2.24, 2.45) is 5.92 Å². The van der Waals surface area contributed by atoms with Gasteiger partial charge in [0, 0.05) is 6.54 Å². The predicted octanol–water partition coefficient (Wildman–Crippen LogP) is 2.14. The maximum Gasteiger partial charge on any atom is 0.249 e. The summed E-state index contributed by atoms with van der Waals surface area (Å²) in [6.45, 7) is 4.61. The van der Waals surface area contributed by atoms with Gasteiger partial charge in [0.2, 0.25) is 5.91 Å². The fourth-order valence-corrected chi connectivity index (χ4v) is 1.85. The van der Waals surface area contributed by atoms with E-state index < -0.39 is 6.10 Å². The van der Waals surface area contributed by atoms with Crippen LogP contribution in [-0.4, -0.2) is 23.7 Å². The Kier molecular flexibility index (Phi) is 6.44. The number of carbonyl (C=O) groups excluding carboxylic acids is 1. The summed E-state index contributed by atoms with van der Waals surface area (Å²) >= 11 is 0. The molecule has 0 radical (unpaired) electrons. The van der Waals surface area contributed by atoms with E-state index >= 15 is 0 Å². The van der Waals surface area contributed by atoms with Crippen LogP contribution in [-0.2, 0) is 11.2 Å². The highest BCUT2D eigenvalue weighted by Crippen LogP contribution is 2.12. The molecule has 0 bridgehead atoms. The van der Waals surface area contributed by atoms with Gasteiger partial charge >= 0.3 is 0 Å². The molecule has 3 nitrogen and oxygen atoms in total. The van der Waals surface area contributed by atoms with E-state index in [-0.39, 0.29) is 11.8 Å². The first-order valence-corrected chi connectivity index (χ1v) is 6.64. The molecule has 0 spiro atoms. The Hall–Kier alpha value is -1.35. The Bertz CT molecular complexity index is 351. The first kappa shape index (κ1) is 14.7. The topological polar surface area (TPSA) is 49.3 Å². The third kappa shape index (κ3) is 4.88. The zero-order valence-electron chi connectivity index (χ0n) is 11.2. The van der Waals surface area contributed by atoms with Gasteiger partial charge in [-0.3, -0.25) is 4.79 Å². The molecule has 0 saturated carbocycles. The van der Waals surface area contributed by atoms with Crippen molar-refractivity contribution in [3.05, 3.63) is 35.9 Å². The van der Waals surface area contributed by atoms with Crippen LogP contribution < -0.4 is 5.32 Å². The smallest absolute Gasteiger partial charge is 0.249 e. The van der Waals surface area contributed by atoms with E-state index in [2.05, 4.69) is 12.2 Å². The average molecular weight is 249 g/mol. The van der Waals surface area contributed by atoms with Crippen molar-refractivity contribution in [2.75, 3.05) is 6.54 Å². The van der Waals surface area contributed by atoms with Crippen LogP contribution in [0.3, 0.4) is 0 Å². The maximum absolute atomic E-state index is 11.7. The van der Waals surface area contributed by atoms with Crippen LogP contribution in [0, 0.1) is 5.92 Å². The third-order valence-corrected chi connectivity index (χ3v) is 3.04. The van der Waals surface area contributed by atoms with Crippen LogP contribution in [0.1, 0.15) is 32.3 Å². The second kappa shape index (κ2) is 7.88. The molecule has 1 rings (SSSR count). The van der Waals surface area contributed by atoms with Crippen molar-refractivity contribution in [2.45, 2.75) is 39.2 Å². The summed E-state index contributed by atoms with van der Waals surface area (Å²) in [5, 5.41) is 12.7. The largest absolute Gasteiger partial charge is 0.383 e. The van der Waals surface area contributed by atoms with Crippen molar-refractivity contribution in [3.63, 3.8) is 0 Å². The van der Waals surface area contributed by atoms with E-state index in [1.54, 1.807) is 0 Å². The number of amides is 1. The molecule has 0 aliphatic heterocycles. The summed E-state index contributed by atoms with van der Waals surface area (Å²) in [7, 11) is 0. The number of unbranched alkanes of at least 4 members (excludes halogenated alkanes) is 1. The summed E-state index contributed by atoms with van der Waals surface area (Å²) in [4.78, 5) is 11.7. The Morgan fingerprint density at radius 3 is 2.61 bits per heavy atom. The second-order valence-corrected chi connectivity index (χ2v) is 4.76. The van der Waals surface area contributed by atoms with Crippen LogP contribution >= 0.6 is 0 Å². The number of aliphatic hydroxyl groups is 1. The Balaban J connectivity index is 2.40. The molecular formula is C15H23NO2. The minimum atomic E-state index is -0.929. The lowest BCUT2D eigenvalue weighted by molar-refractivity contribution is -0.131. The van der Waals surface area contributed by atoms with Gasteiger partial charge in [-0.1, -0.05) is 50.6 Å². The summed E-state index contributed by atoms with van der Waals surface area (Å²) < 4.78 is 0. The molecule has 1 amide bonds. The number of hydrogen-bond donors (Lipinski definition) is 2. The molecule has 0 aliphatic carbocycles. The van der Waals surface area contributed by atoms with Gasteiger partial charge in [0.05, 0.1) is 0 Å². The van der Waals surface area contributed by atoms with Gasteiger partial charge in [0.1, 0.15) is 6.10 Å². The molecule has 0 unspecified atom stereocenters. The highest BCUT2D eigenvalue weighted by molar-refractivity contribution is 5.80. The number of nitrogens with one attached hydrogen (secondary N) is 1. The molecule has 2 N–H and O–H groups in total. The third-order valence-electron chi connectivity index (χ3n) is 3.04. The van der Waals surface area contributed by atoms with Crippen molar-refractivity contribution in [1.29, 1.82) is 0 Å². The zero-order valence-corrected chi connectivity index (χ0v) is 11.2. The lowest BCUT2D eigenvalue weighted by Gasteiger charge is -2.18. The molecule has 100 valence electrons. The monoisotopic (exact) mass is 249 g/mol. The van der Waals surface area contributed by atoms with Crippen molar-refractivity contribution >= 4 is 5.91 Å². The van der Waals surface area contributed by atoms with E-state index in [1.165, 1.54) is 0 Å². The van der Waals surface area contributed by atoms with Crippen molar-refractivity contribution in [1.82, 2.24) is 5.32 Å². The highest BCUT2D eigenvalue weighted by atomic mass is 16.3. The standard InChI is InChI=1S/C15H23NO2/c1-3-4-10-16-15(18)14(17)12(2)11-13-8-6-5-7-9-13/h5-9,12,14,17H,3-4,10-11H2,1-2H3,(H,16,18)/t12-,14+/m1/s1. The zero-order chi connectivity index (χ0) is 13.4. The van der Waals surface area contributed by atoms with Gasteiger partial charge in [-0.05, 0) is 24.3 Å². The number of carbonyl (C=O) groups is 1. The predicted molar refractivity (Wildman–Crippen MR) is 73.2 cm³/mol. The number of hydrogen-bond acceptors (Lipinski definition) is 2. The van der Waals surface area contributed by atoms with Crippen LogP contribution in [0.5, 0.6) is 0 Å². The van der Waals surface area contributed by atoms with E-state index in [1.807, 2.05) is 37.3 Å². The Morgan fingerprint density at radius 1 is 1.33 bits per heavy atom. The summed E-state index contributed by atoms with van der Waals surface area (Å²) in [5.74, 6) is -0.332. The van der Waals surface area contributed by atoms with Gasteiger partial charge < -0.3 is 10.4 Å². The number of benzene rings is 1. The molecule has 0 saturated heterocycles. The van der Waals surface area contributed by atoms with E-state index in [0.29, 0.717) is 13.0 Å². The van der Waals surface area contributed by atoms with Gasteiger partial charge in [0.25, 0.3) is 0 Å². The Morgan fingerprint density at radius 2 is 2.00 bits per heavy atom. The molecule has 0 aliphatic rings. The quantitative estimate of drug-likeness (QED) is 0.727. The summed E-state index contributed by atoms with van der Waals surface area (Å²) in [6, 6.07) is 9.92. The molecule has 18 heavy (non-hydrogen) atoms. The first-order chi connectivity index (χ1) is 8.65. The first-order valence-electron chi connectivity index (χ1n) is 6.64. The Labute approximate surface area is 109 Å². The van der Waals surface area contributed by atoms with Gasteiger partial charge in [-0.15, -0.1) is 0 Å². The average Bonchev–Trinajstić information content (AvgIpc) is 2.39. The molecule has 0 heterocycles. The summed E-state index contributed by atoms with van der Waals surface area (Å²) in [6.07, 6.45) is 1.77.